The predicted molar refractivity (Wildman–Crippen MR) is 135 cm³/mol. The summed E-state index contributed by atoms with van der Waals surface area (Å²) in [5, 5.41) is 0. The van der Waals surface area contributed by atoms with Crippen molar-refractivity contribution >= 4 is 12.1 Å². The summed E-state index contributed by atoms with van der Waals surface area (Å²) in [7, 11) is 2.04. The SMILES string of the molecule is [CH2]C([CH2])OC(=O)CCCC(CCCCCCCCCCCC)OC(=O)OCCCN(C)CC. The van der Waals surface area contributed by atoms with Crippen LogP contribution in [0.1, 0.15) is 110 Å². The first-order valence-electron chi connectivity index (χ1n) is 13.3. The van der Waals surface area contributed by atoms with Crippen molar-refractivity contribution in [1.29, 1.82) is 0 Å². The van der Waals surface area contributed by atoms with E-state index in [0.29, 0.717) is 19.4 Å². The Bertz CT molecular complexity index is 469. The van der Waals surface area contributed by atoms with Crippen LogP contribution in [0.2, 0.25) is 0 Å². The molecule has 0 aromatic carbocycles. The minimum atomic E-state index is -0.607. The fraction of sp³-hybridized carbons (Fsp3) is 0.852. The standard InChI is InChI=1S/C27H51NO5/c1-6-8-9-10-11-12-13-14-15-16-19-25(20-17-21-26(29)32-24(3)4)33-27(30)31-23-18-22-28(5)7-2/h24-25H,3-4,6-23H2,1-2,5H3. The van der Waals surface area contributed by atoms with Gasteiger partial charge in [-0.15, -0.1) is 0 Å². The highest BCUT2D eigenvalue weighted by atomic mass is 16.7. The fourth-order valence-electron chi connectivity index (χ4n) is 3.66. The first-order chi connectivity index (χ1) is 15.9. The van der Waals surface area contributed by atoms with E-state index in [9.17, 15) is 9.59 Å². The number of carbonyl (C=O) groups is 2. The Morgan fingerprint density at radius 3 is 1.94 bits per heavy atom. The molecule has 0 saturated carbocycles. The Kier molecular flexibility index (Phi) is 21.6. The van der Waals surface area contributed by atoms with E-state index in [2.05, 4.69) is 32.6 Å². The second kappa shape index (κ2) is 22.5. The molecule has 6 nitrogen and oxygen atoms in total. The summed E-state index contributed by atoms with van der Waals surface area (Å²) in [6.45, 7) is 13.7. The van der Waals surface area contributed by atoms with E-state index in [0.717, 1.165) is 38.8 Å². The largest absolute Gasteiger partial charge is 0.508 e. The van der Waals surface area contributed by atoms with Crippen LogP contribution in [0, 0.1) is 13.8 Å². The molecule has 0 aromatic rings. The summed E-state index contributed by atoms with van der Waals surface area (Å²) in [6.07, 6.45) is 14.3. The minimum Gasteiger partial charge on any atom is -0.462 e. The van der Waals surface area contributed by atoms with E-state index in [1.165, 1.54) is 51.4 Å². The second-order valence-corrected chi connectivity index (χ2v) is 9.06. The molecule has 33 heavy (non-hydrogen) atoms. The van der Waals surface area contributed by atoms with Gasteiger partial charge in [-0.3, -0.25) is 4.79 Å². The van der Waals surface area contributed by atoms with Crippen LogP contribution in [0.5, 0.6) is 0 Å². The highest BCUT2D eigenvalue weighted by Crippen LogP contribution is 2.17. The van der Waals surface area contributed by atoms with Crippen LogP contribution in [0.15, 0.2) is 0 Å². The zero-order valence-corrected chi connectivity index (χ0v) is 21.8. The van der Waals surface area contributed by atoms with Crippen molar-refractivity contribution in [2.24, 2.45) is 0 Å². The summed E-state index contributed by atoms with van der Waals surface area (Å²) in [6, 6.07) is 0. The molecule has 1 atom stereocenters. The Morgan fingerprint density at radius 2 is 1.36 bits per heavy atom. The first-order valence-corrected chi connectivity index (χ1v) is 13.3. The van der Waals surface area contributed by atoms with E-state index < -0.39 is 12.3 Å². The highest BCUT2D eigenvalue weighted by Gasteiger charge is 2.17. The molecule has 0 saturated heterocycles. The van der Waals surface area contributed by atoms with Crippen molar-refractivity contribution in [1.82, 2.24) is 4.90 Å². The third-order valence-corrected chi connectivity index (χ3v) is 5.79. The lowest BCUT2D eigenvalue weighted by molar-refractivity contribution is -0.145. The molecule has 2 radical (unpaired) electrons. The van der Waals surface area contributed by atoms with Gasteiger partial charge < -0.3 is 19.1 Å². The molecule has 0 rings (SSSR count). The lowest BCUT2D eigenvalue weighted by Gasteiger charge is -2.18. The first kappa shape index (κ1) is 31.7. The van der Waals surface area contributed by atoms with E-state index >= 15 is 0 Å². The third-order valence-electron chi connectivity index (χ3n) is 5.79. The quantitative estimate of drug-likeness (QED) is 0.127. The monoisotopic (exact) mass is 469 g/mol. The van der Waals surface area contributed by atoms with Crippen LogP contribution in [-0.4, -0.2) is 56.0 Å². The summed E-state index contributed by atoms with van der Waals surface area (Å²) < 4.78 is 15.8. The Hall–Kier alpha value is -1.30. The zero-order chi connectivity index (χ0) is 24.7. The average molecular weight is 470 g/mol. The van der Waals surface area contributed by atoms with Gasteiger partial charge in [-0.1, -0.05) is 71.6 Å². The lowest BCUT2D eigenvalue weighted by atomic mass is 10.0. The predicted octanol–water partition coefficient (Wildman–Crippen LogP) is 6.91. The summed E-state index contributed by atoms with van der Waals surface area (Å²) in [5.74, 6) is -0.315. The maximum Gasteiger partial charge on any atom is 0.508 e. The van der Waals surface area contributed by atoms with E-state index in [1.807, 2.05) is 7.05 Å². The molecular formula is C27H51NO5. The van der Waals surface area contributed by atoms with Crippen molar-refractivity contribution in [2.75, 3.05) is 26.7 Å². The number of hydrogen-bond acceptors (Lipinski definition) is 6. The molecule has 0 N–H and O–H groups in total. The maximum atomic E-state index is 12.1. The van der Waals surface area contributed by atoms with Crippen LogP contribution in [-0.2, 0) is 19.0 Å². The number of rotatable bonds is 22. The van der Waals surface area contributed by atoms with Gasteiger partial charge in [0.15, 0.2) is 0 Å². The van der Waals surface area contributed by atoms with Gasteiger partial charge in [-0.05, 0) is 59.5 Å². The van der Waals surface area contributed by atoms with Gasteiger partial charge >= 0.3 is 12.1 Å². The van der Waals surface area contributed by atoms with Crippen molar-refractivity contribution in [3.8, 4) is 0 Å². The molecule has 0 heterocycles. The molecule has 0 aliphatic heterocycles. The molecule has 0 spiro atoms. The van der Waals surface area contributed by atoms with Crippen molar-refractivity contribution in [2.45, 2.75) is 122 Å². The molecule has 0 aliphatic rings. The van der Waals surface area contributed by atoms with E-state index in [-0.39, 0.29) is 18.5 Å². The van der Waals surface area contributed by atoms with Crippen LogP contribution in [0.25, 0.3) is 0 Å². The van der Waals surface area contributed by atoms with Gasteiger partial charge in [0.05, 0.1) is 6.61 Å². The van der Waals surface area contributed by atoms with E-state index in [4.69, 9.17) is 14.2 Å². The zero-order valence-electron chi connectivity index (χ0n) is 21.8. The second-order valence-electron chi connectivity index (χ2n) is 9.06. The Morgan fingerprint density at radius 1 is 0.788 bits per heavy atom. The number of unbranched alkanes of at least 4 members (excludes halogenated alkanes) is 9. The topological polar surface area (TPSA) is 65.1 Å². The number of carbonyl (C=O) groups excluding carboxylic acids is 2. The lowest BCUT2D eigenvalue weighted by Crippen LogP contribution is -2.23. The van der Waals surface area contributed by atoms with Crippen LogP contribution < -0.4 is 0 Å². The van der Waals surface area contributed by atoms with Crippen LogP contribution in [0.4, 0.5) is 4.79 Å². The van der Waals surface area contributed by atoms with Crippen molar-refractivity contribution in [3.05, 3.63) is 13.8 Å². The van der Waals surface area contributed by atoms with Gasteiger partial charge in [0.1, 0.15) is 12.2 Å². The fourth-order valence-corrected chi connectivity index (χ4v) is 3.66. The van der Waals surface area contributed by atoms with Crippen LogP contribution >= 0.6 is 0 Å². The number of ether oxygens (including phenoxy) is 3. The van der Waals surface area contributed by atoms with Gasteiger partial charge in [-0.25, -0.2) is 4.79 Å². The Labute approximate surface area is 204 Å². The summed E-state index contributed by atoms with van der Waals surface area (Å²) in [5.41, 5.74) is 0. The smallest absolute Gasteiger partial charge is 0.462 e. The highest BCUT2D eigenvalue weighted by molar-refractivity contribution is 5.69. The van der Waals surface area contributed by atoms with E-state index in [1.54, 1.807) is 0 Å². The molecule has 194 valence electrons. The molecule has 0 amide bonds. The van der Waals surface area contributed by atoms with Crippen molar-refractivity contribution in [3.63, 3.8) is 0 Å². The Balaban J connectivity index is 4.18. The molecule has 1 unspecified atom stereocenters. The number of hydrogen-bond donors (Lipinski definition) is 0. The van der Waals surface area contributed by atoms with Gasteiger partial charge in [-0.2, -0.15) is 0 Å². The molecule has 0 aromatic heterocycles. The normalized spacial score (nSPS) is 12.2. The minimum absolute atomic E-state index is 0.229. The van der Waals surface area contributed by atoms with Gasteiger partial charge in [0, 0.05) is 13.0 Å². The maximum absolute atomic E-state index is 12.1. The number of esters is 1. The van der Waals surface area contributed by atoms with Crippen LogP contribution in [0.3, 0.4) is 0 Å². The van der Waals surface area contributed by atoms with Gasteiger partial charge in [0.2, 0.25) is 0 Å². The average Bonchev–Trinajstić information content (AvgIpc) is 2.77. The molecular weight excluding hydrogens is 418 g/mol. The summed E-state index contributed by atoms with van der Waals surface area (Å²) in [4.78, 5) is 26.0. The molecule has 0 fully saturated rings. The third kappa shape index (κ3) is 22.3. The molecule has 0 bridgehead atoms. The summed E-state index contributed by atoms with van der Waals surface area (Å²) >= 11 is 0. The number of nitrogens with zero attached hydrogens (tertiary/aromatic N) is 1. The molecule has 6 heteroatoms. The van der Waals surface area contributed by atoms with Crippen molar-refractivity contribution < 1.29 is 23.8 Å². The molecule has 0 aliphatic carbocycles. The van der Waals surface area contributed by atoms with Gasteiger partial charge in [0.25, 0.3) is 0 Å².